The van der Waals surface area contributed by atoms with Crippen molar-refractivity contribution in [1.82, 2.24) is 9.38 Å². The summed E-state index contributed by atoms with van der Waals surface area (Å²) in [5, 5.41) is 13.1. The number of rotatable bonds is 2. The van der Waals surface area contributed by atoms with Gasteiger partial charge in [-0.05, 0) is 46.3 Å². The second kappa shape index (κ2) is 8.36. The van der Waals surface area contributed by atoms with Crippen molar-refractivity contribution in [3.63, 3.8) is 0 Å². The van der Waals surface area contributed by atoms with Crippen LogP contribution < -0.4 is 15.9 Å². The number of halogens is 6. The minimum absolute atomic E-state index is 0.0167. The molecule has 0 radical (unpaired) electrons. The van der Waals surface area contributed by atoms with Gasteiger partial charge < -0.3 is 15.4 Å². The monoisotopic (exact) mass is 584 g/mol. The van der Waals surface area contributed by atoms with Gasteiger partial charge in [-0.2, -0.15) is 13.2 Å². The fourth-order valence-corrected chi connectivity index (χ4v) is 4.89. The van der Waals surface area contributed by atoms with Crippen molar-refractivity contribution < 1.29 is 27.5 Å². The summed E-state index contributed by atoms with van der Waals surface area (Å²) in [6.07, 6.45) is -3.65. The standard InChI is InChI=1S/C23H14BrClF4N4O3/c24-11-7-16(19-18(31-21(35)32(19)9-11)13-8-12(26)5-6-15(13)25)30-20(34)33-10-22(36,23(27,28)29)14-3-1-2-4-17(14)33/h1-9,36H,10H2,(H,30,34)(H,31,35)/t22-/m1/s1. The molecule has 0 saturated carbocycles. The van der Waals surface area contributed by atoms with Gasteiger partial charge in [0, 0.05) is 21.8 Å². The summed E-state index contributed by atoms with van der Waals surface area (Å²) in [6.45, 7) is -1.07. The van der Waals surface area contributed by atoms with Crippen molar-refractivity contribution >= 4 is 50.5 Å². The van der Waals surface area contributed by atoms with Gasteiger partial charge in [-0.25, -0.2) is 14.0 Å². The molecule has 0 aliphatic carbocycles. The average molecular weight is 586 g/mol. The number of carbonyl (C=O) groups is 1. The number of aliphatic hydroxyl groups is 1. The van der Waals surface area contributed by atoms with E-state index in [0.717, 1.165) is 27.5 Å². The van der Waals surface area contributed by atoms with E-state index in [9.17, 15) is 32.3 Å². The fourth-order valence-electron chi connectivity index (χ4n) is 4.25. The number of H-pyrrole nitrogens is 1. The van der Waals surface area contributed by atoms with Gasteiger partial charge >= 0.3 is 17.9 Å². The molecule has 36 heavy (non-hydrogen) atoms. The fraction of sp³-hybridized carbons (Fsp3) is 0.130. The molecule has 1 atom stereocenters. The summed E-state index contributed by atoms with van der Waals surface area (Å²) in [5.41, 5.74) is -4.15. The first-order valence-electron chi connectivity index (χ1n) is 10.3. The number of benzene rings is 2. The molecule has 0 spiro atoms. The normalized spacial score (nSPS) is 17.5. The number of urea groups is 1. The van der Waals surface area contributed by atoms with Crippen LogP contribution in [-0.2, 0) is 5.60 Å². The number of amides is 2. The van der Waals surface area contributed by atoms with Gasteiger partial charge in [-0.3, -0.25) is 9.30 Å². The zero-order valence-corrected chi connectivity index (χ0v) is 20.2. The predicted octanol–water partition coefficient (Wildman–Crippen LogP) is 5.65. The van der Waals surface area contributed by atoms with Gasteiger partial charge in [0.05, 0.1) is 34.2 Å². The van der Waals surface area contributed by atoms with E-state index in [1.54, 1.807) is 0 Å². The number of fused-ring (bicyclic) bond motifs is 2. The van der Waals surface area contributed by atoms with Crippen LogP contribution in [0.5, 0.6) is 0 Å². The van der Waals surface area contributed by atoms with E-state index in [-0.39, 0.29) is 33.2 Å². The predicted molar refractivity (Wildman–Crippen MR) is 129 cm³/mol. The molecule has 7 nitrogen and oxygen atoms in total. The topological polar surface area (TPSA) is 89.8 Å². The summed E-state index contributed by atoms with van der Waals surface area (Å²) in [7, 11) is 0. The van der Waals surface area contributed by atoms with Gasteiger partial charge in [0.2, 0.25) is 5.60 Å². The minimum Gasteiger partial charge on any atom is -0.375 e. The van der Waals surface area contributed by atoms with Gasteiger partial charge in [-0.1, -0.05) is 29.8 Å². The first-order valence-corrected chi connectivity index (χ1v) is 11.4. The van der Waals surface area contributed by atoms with Crippen LogP contribution in [0.25, 0.3) is 16.8 Å². The van der Waals surface area contributed by atoms with E-state index < -0.39 is 41.4 Å². The number of β-amino-alcohol motifs (C(OH)–C–C–N with tert-alkyl or cyclic N) is 1. The van der Waals surface area contributed by atoms with Crippen molar-refractivity contribution in [2.75, 3.05) is 16.8 Å². The Morgan fingerprint density at radius 1 is 1.19 bits per heavy atom. The largest absolute Gasteiger partial charge is 0.423 e. The van der Waals surface area contributed by atoms with Gasteiger partial charge in [0.25, 0.3) is 0 Å². The van der Waals surface area contributed by atoms with E-state index in [1.807, 2.05) is 0 Å². The Hall–Kier alpha value is -3.35. The van der Waals surface area contributed by atoms with Crippen LogP contribution in [-0.4, -0.2) is 33.2 Å². The molecular formula is C23H14BrClF4N4O3. The van der Waals surface area contributed by atoms with Gasteiger partial charge in [-0.15, -0.1) is 0 Å². The molecule has 5 rings (SSSR count). The molecule has 13 heteroatoms. The van der Waals surface area contributed by atoms with Crippen LogP contribution >= 0.6 is 27.5 Å². The molecule has 0 saturated heterocycles. The number of para-hydroxylation sites is 1. The highest BCUT2D eigenvalue weighted by atomic mass is 79.9. The molecule has 186 valence electrons. The molecule has 1 aliphatic rings. The number of nitrogens with one attached hydrogen (secondary N) is 2. The Morgan fingerprint density at radius 2 is 1.92 bits per heavy atom. The van der Waals surface area contributed by atoms with E-state index >= 15 is 0 Å². The minimum atomic E-state index is -5.05. The molecule has 3 heterocycles. The van der Waals surface area contributed by atoms with Crippen molar-refractivity contribution in [1.29, 1.82) is 0 Å². The summed E-state index contributed by atoms with van der Waals surface area (Å²) in [6, 6.07) is 9.11. The van der Waals surface area contributed by atoms with Crippen LogP contribution in [0.2, 0.25) is 5.02 Å². The highest BCUT2D eigenvalue weighted by Gasteiger charge is 2.61. The summed E-state index contributed by atoms with van der Waals surface area (Å²) in [5.74, 6) is -0.627. The summed E-state index contributed by atoms with van der Waals surface area (Å²) >= 11 is 9.47. The second-order valence-corrected chi connectivity index (χ2v) is 9.43. The lowest BCUT2D eigenvalue weighted by molar-refractivity contribution is -0.258. The Labute approximate surface area is 213 Å². The number of nitrogens with zero attached hydrogens (tertiary/aromatic N) is 2. The van der Waals surface area contributed by atoms with Crippen molar-refractivity contribution in [2.45, 2.75) is 11.8 Å². The third kappa shape index (κ3) is 3.76. The quantitative estimate of drug-likeness (QED) is 0.266. The Balaban J connectivity index is 1.62. The lowest BCUT2D eigenvalue weighted by Gasteiger charge is -2.27. The zero-order valence-electron chi connectivity index (χ0n) is 17.8. The number of carbonyl (C=O) groups excluding carboxylic acids is 1. The highest BCUT2D eigenvalue weighted by molar-refractivity contribution is 9.10. The number of aromatic amines is 1. The van der Waals surface area contributed by atoms with Gasteiger partial charge in [0.15, 0.2) is 0 Å². The SMILES string of the molecule is O=C(Nc1cc(Br)cn2c(=O)[nH]c(-c3cc(F)ccc3Cl)c12)N1C[C@](O)(C(F)(F)F)c2ccccc21. The lowest BCUT2D eigenvalue weighted by Crippen LogP contribution is -2.48. The van der Waals surface area contributed by atoms with E-state index in [1.165, 1.54) is 36.5 Å². The second-order valence-electron chi connectivity index (χ2n) is 8.11. The number of imidazole rings is 1. The first kappa shape index (κ1) is 24.3. The van der Waals surface area contributed by atoms with Crippen LogP contribution in [0.1, 0.15) is 5.56 Å². The summed E-state index contributed by atoms with van der Waals surface area (Å²) < 4.78 is 56.8. The van der Waals surface area contributed by atoms with E-state index in [2.05, 4.69) is 26.2 Å². The molecule has 0 fully saturated rings. The molecule has 0 unspecified atom stereocenters. The third-order valence-electron chi connectivity index (χ3n) is 5.90. The Morgan fingerprint density at radius 3 is 2.64 bits per heavy atom. The molecular weight excluding hydrogens is 572 g/mol. The number of anilines is 2. The number of hydrogen-bond acceptors (Lipinski definition) is 3. The Kier molecular flexibility index (Phi) is 5.65. The van der Waals surface area contributed by atoms with E-state index in [0.29, 0.717) is 4.47 Å². The van der Waals surface area contributed by atoms with E-state index in [4.69, 9.17) is 11.6 Å². The Bertz CT molecular complexity index is 1600. The van der Waals surface area contributed by atoms with Crippen molar-refractivity contribution in [3.05, 3.63) is 86.1 Å². The average Bonchev–Trinajstić information content (AvgIpc) is 3.31. The van der Waals surface area contributed by atoms with Crippen LogP contribution in [0.15, 0.2) is 64.0 Å². The molecule has 2 amide bonds. The molecule has 2 aromatic carbocycles. The number of alkyl halides is 3. The maximum Gasteiger partial charge on any atom is 0.423 e. The van der Waals surface area contributed by atoms with Crippen LogP contribution in [0.3, 0.4) is 0 Å². The smallest absolute Gasteiger partial charge is 0.375 e. The number of hydrogen-bond donors (Lipinski definition) is 3. The van der Waals surface area contributed by atoms with Gasteiger partial charge in [0.1, 0.15) is 5.82 Å². The van der Waals surface area contributed by atoms with Crippen molar-refractivity contribution in [2.24, 2.45) is 0 Å². The summed E-state index contributed by atoms with van der Waals surface area (Å²) in [4.78, 5) is 29.2. The first-order chi connectivity index (χ1) is 16.9. The molecule has 4 aromatic rings. The zero-order chi connectivity index (χ0) is 26.0. The number of pyridine rings is 1. The lowest BCUT2D eigenvalue weighted by atomic mass is 9.96. The van der Waals surface area contributed by atoms with Crippen LogP contribution in [0, 0.1) is 5.82 Å². The maximum atomic E-state index is 14.0. The molecule has 0 bridgehead atoms. The highest BCUT2D eigenvalue weighted by Crippen LogP contribution is 2.48. The third-order valence-corrected chi connectivity index (χ3v) is 6.66. The molecule has 3 N–H and O–H groups in total. The van der Waals surface area contributed by atoms with Crippen molar-refractivity contribution in [3.8, 4) is 11.3 Å². The molecule has 1 aliphatic heterocycles. The molecule has 2 aromatic heterocycles. The maximum absolute atomic E-state index is 14.0. The van der Waals surface area contributed by atoms with Crippen LogP contribution in [0.4, 0.5) is 33.7 Å². The number of aromatic nitrogens is 2.